The first-order chi connectivity index (χ1) is 17.1. The van der Waals surface area contributed by atoms with E-state index in [4.69, 9.17) is 0 Å². The second-order valence-electron chi connectivity index (χ2n) is 10.3. The van der Waals surface area contributed by atoms with Crippen molar-refractivity contribution < 1.29 is 9.90 Å². The van der Waals surface area contributed by atoms with E-state index >= 15 is 0 Å². The lowest BCUT2D eigenvalue weighted by Crippen LogP contribution is -2.44. The Labute approximate surface area is 212 Å². The molecular formula is C27H35N7O2. The minimum atomic E-state index is -0.928. The van der Waals surface area contributed by atoms with Crippen molar-refractivity contribution in [2.45, 2.75) is 39.8 Å². The summed E-state index contributed by atoms with van der Waals surface area (Å²) in [7, 11) is 2.15. The summed E-state index contributed by atoms with van der Waals surface area (Å²) in [4.78, 5) is 31.3. The summed E-state index contributed by atoms with van der Waals surface area (Å²) in [5.41, 5.74) is 4.34. The van der Waals surface area contributed by atoms with E-state index in [2.05, 4.69) is 43.2 Å². The molecule has 1 amide bonds. The molecule has 1 aliphatic rings. The summed E-state index contributed by atoms with van der Waals surface area (Å²) in [5, 5.41) is 12.9. The van der Waals surface area contributed by atoms with E-state index in [1.54, 1.807) is 0 Å². The number of benzene rings is 1. The molecule has 9 nitrogen and oxygen atoms in total. The Hall–Kier alpha value is -3.72. The van der Waals surface area contributed by atoms with Crippen LogP contribution in [0, 0.1) is 6.92 Å². The van der Waals surface area contributed by atoms with E-state index in [0.29, 0.717) is 12.4 Å². The average molecular weight is 490 g/mol. The van der Waals surface area contributed by atoms with Gasteiger partial charge in [-0.05, 0) is 64.1 Å². The van der Waals surface area contributed by atoms with Gasteiger partial charge in [-0.15, -0.1) is 0 Å². The smallest absolute Gasteiger partial charge is 0.408 e. The molecule has 36 heavy (non-hydrogen) atoms. The Morgan fingerprint density at radius 2 is 1.78 bits per heavy atom. The standard InChI is InChI=1S/C27H35N7O2/c1-19-14-20(6-7-21(19)17-34(26(35)36)27(2,3)4)23-15-25(30-18-29-23)31-24-9-8-22(16-28-24)33-12-10-32(5)11-13-33/h6-9,14-16,18H,10-13,17H2,1-5H3,(H,35,36)(H,28,29,30,31). The molecule has 3 heterocycles. The maximum absolute atomic E-state index is 11.7. The van der Waals surface area contributed by atoms with Gasteiger partial charge in [-0.1, -0.05) is 12.1 Å². The van der Waals surface area contributed by atoms with Gasteiger partial charge in [0.05, 0.1) is 17.6 Å². The molecule has 1 fully saturated rings. The monoisotopic (exact) mass is 489 g/mol. The Morgan fingerprint density at radius 3 is 2.39 bits per heavy atom. The van der Waals surface area contributed by atoms with Crippen molar-refractivity contribution in [3.05, 3.63) is 60.0 Å². The molecule has 0 bridgehead atoms. The van der Waals surface area contributed by atoms with E-state index < -0.39 is 11.6 Å². The summed E-state index contributed by atoms with van der Waals surface area (Å²) < 4.78 is 0. The predicted molar refractivity (Wildman–Crippen MR) is 143 cm³/mol. The average Bonchev–Trinajstić information content (AvgIpc) is 2.83. The van der Waals surface area contributed by atoms with Crippen LogP contribution in [0.1, 0.15) is 31.9 Å². The van der Waals surface area contributed by atoms with Crippen LogP contribution in [0.25, 0.3) is 11.3 Å². The Morgan fingerprint density at radius 1 is 1.03 bits per heavy atom. The van der Waals surface area contributed by atoms with E-state index in [0.717, 1.165) is 60.1 Å². The lowest BCUT2D eigenvalue weighted by molar-refractivity contribution is 0.0954. The van der Waals surface area contributed by atoms with Crippen molar-refractivity contribution in [2.75, 3.05) is 43.4 Å². The molecule has 2 aromatic heterocycles. The van der Waals surface area contributed by atoms with Crippen molar-refractivity contribution in [2.24, 2.45) is 0 Å². The number of hydrogen-bond acceptors (Lipinski definition) is 7. The number of piperazine rings is 1. The zero-order chi connectivity index (χ0) is 25.9. The van der Waals surface area contributed by atoms with Gasteiger partial charge in [-0.25, -0.2) is 19.7 Å². The van der Waals surface area contributed by atoms with E-state index in [1.165, 1.54) is 11.2 Å². The normalized spacial score (nSPS) is 14.5. The number of hydrogen-bond donors (Lipinski definition) is 2. The van der Waals surface area contributed by atoms with Gasteiger partial charge in [-0.3, -0.25) is 4.90 Å². The number of likely N-dealkylation sites (N-methyl/N-ethyl adjacent to an activating group) is 1. The number of nitrogens with one attached hydrogen (secondary N) is 1. The van der Waals surface area contributed by atoms with Crippen LogP contribution in [0.4, 0.5) is 22.1 Å². The van der Waals surface area contributed by atoms with Crippen LogP contribution in [0.3, 0.4) is 0 Å². The number of amides is 1. The van der Waals surface area contributed by atoms with Crippen LogP contribution in [0.15, 0.2) is 48.9 Å². The second-order valence-corrected chi connectivity index (χ2v) is 10.3. The Balaban J connectivity index is 1.46. The molecule has 4 rings (SSSR count). The molecule has 3 aromatic rings. The van der Waals surface area contributed by atoms with E-state index in [1.807, 2.05) is 64.2 Å². The summed E-state index contributed by atoms with van der Waals surface area (Å²) in [6, 6.07) is 11.9. The second kappa shape index (κ2) is 10.5. The molecule has 1 aliphatic heterocycles. The van der Waals surface area contributed by atoms with Crippen molar-refractivity contribution in [1.29, 1.82) is 0 Å². The number of carboxylic acid groups (broad SMARTS) is 1. The molecule has 0 saturated carbocycles. The number of anilines is 3. The van der Waals surface area contributed by atoms with Crippen LogP contribution < -0.4 is 10.2 Å². The van der Waals surface area contributed by atoms with Gasteiger partial charge in [0.25, 0.3) is 0 Å². The first-order valence-corrected chi connectivity index (χ1v) is 12.2. The quantitative estimate of drug-likeness (QED) is 0.518. The highest BCUT2D eigenvalue weighted by molar-refractivity contribution is 5.68. The van der Waals surface area contributed by atoms with Crippen molar-refractivity contribution in [3.8, 4) is 11.3 Å². The molecule has 0 atom stereocenters. The molecular weight excluding hydrogens is 454 g/mol. The zero-order valence-corrected chi connectivity index (χ0v) is 21.7. The maximum Gasteiger partial charge on any atom is 0.408 e. The predicted octanol–water partition coefficient (Wildman–Crippen LogP) is 4.62. The molecule has 0 spiro atoms. The molecule has 0 unspecified atom stereocenters. The topological polar surface area (TPSA) is 97.7 Å². The highest BCUT2D eigenvalue weighted by Crippen LogP contribution is 2.26. The zero-order valence-electron chi connectivity index (χ0n) is 21.7. The fourth-order valence-electron chi connectivity index (χ4n) is 4.22. The highest BCUT2D eigenvalue weighted by atomic mass is 16.4. The maximum atomic E-state index is 11.7. The number of carbonyl (C=O) groups is 1. The van der Waals surface area contributed by atoms with E-state index in [-0.39, 0.29) is 0 Å². The van der Waals surface area contributed by atoms with Crippen LogP contribution in [0.2, 0.25) is 0 Å². The SMILES string of the molecule is Cc1cc(-c2cc(Nc3ccc(N4CCN(C)CC4)cn3)ncn2)ccc1CN(C(=O)O)C(C)(C)C. The summed E-state index contributed by atoms with van der Waals surface area (Å²) in [6.45, 7) is 12.1. The molecule has 190 valence electrons. The van der Waals surface area contributed by atoms with Crippen LogP contribution in [0.5, 0.6) is 0 Å². The van der Waals surface area contributed by atoms with Gasteiger partial charge in [0.2, 0.25) is 0 Å². The summed E-state index contributed by atoms with van der Waals surface area (Å²) >= 11 is 0. The number of pyridine rings is 1. The number of rotatable bonds is 6. The number of aryl methyl sites for hydroxylation is 1. The summed E-state index contributed by atoms with van der Waals surface area (Å²) in [5.74, 6) is 1.38. The molecule has 0 radical (unpaired) electrons. The van der Waals surface area contributed by atoms with Gasteiger partial charge < -0.3 is 20.2 Å². The first kappa shape index (κ1) is 25.4. The summed E-state index contributed by atoms with van der Waals surface area (Å²) in [6.07, 6.45) is 2.50. The number of nitrogens with zero attached hydrogens (tertiary/aromatic N) is 6. The lowest BCUT2D eigenvalue weighted by atomic mass is 10.00. The lowest BCUT2D eigenvalue weighted by Gasteiger charge is -2.33. The molecule has 9 heteroatoms. The van der Waals surface area contributed by atoms with Crippen LogP contribution >= 0.6 is 0 Å². The van der Waals surface area contributed by atoms with Gasteiger partial charge in [-0.2, -0.15) is 0 Å². The van der Waals surface area contributed by atoms with Gasteiger partial charge >= 0.3 is 6.09 Å². The first-order valence-electron chi connectivity index (χ1n) is 12.2. The van der Waals surface area contributed by atoms with E-state index in [9.17, 15) is 9.90 Å². The molecule has 2 N–H and O–H groups in total. The minimum absolute atomic E-state index is 0.331. The number of aromatic nitrogens is 3. The van der Waals surface area contributed by atoms with Crippen molar-refractivity contribution in [3.63, 3.8) is 0 Å². The third kappa shape index (κ3) is 6.09. The largest absolute Gasteiger partial charge is 0.465 e. The van der Waals surface area contributed by atoms with Gasteiger partial charge in [0.1, 0.15) is 18.0 Å². The fraction of sp³-hybridized carbons (Fsp3) is 0.407. The third-order valence-electron chi connectivity index (χ3n) is 6.55. The molecule has 0 aliphatic carbocycles. The molecule has 1 aromatic carbocycles. The Bertz CT molecular complexity index is 1200. The van der Waals surface area contributed by atoms with Crippen LogP contribution in [-0.2, 0) is 6.54 Å². The highest BCUT2D eigenvalue weighted by Gasteiger charge is 2.26. The minimum Gasteiger partial charge on any atom is -0.465 e. The molecule has 1 saturated heterocycles. The third-order valence-corrected chi connectivity index (χ3v) is 6.55. The van der Waals surface area contributed by atoms with Crippen LogP contribution in [-0.4, -0.2) is 74.7 Å². The Kier molecular flexibility index (Phi) is 7.40. The van der Waals surface area contributed by atoms with Crippen molar-refractivity contribution >= 4 is 23.4 Å². The van der Waals surface area contributed by atoms with Gasteiger partial charge in [0, 0.05) is 49.9 Å². The van der Waals surface area contributed by atoms with Crippen molar-refractivity contribution in [1.82, 2.24) is 24.8 Å². The fourth-order valence-corrected chi connectivity index (χ4v) is 4.22. The van der Waals surface area contributed by atoms with Gasteiger partial charge in [0.15, 0.2) is 0 Å².